The number of amides is 1. The molecular weight excluding hydrogens is 434 g/mol. The van der Waals surface area contributed by atoms with Crippen molar-refractivity contribution in [2.75, 3.05) is 18.1 Å². The molecule has 1 amide bonds. The van der Waals surface area contributed by atoms with E-state index in [1.54, 1.807) is 17.0 Å². The van der Waals surface area contributed by atoms with E-state index in [9.17, 15) is 13.2 Å². The number of sulfone groups is 1. The monoisotopic (exact) mass is 471 g/mol. The Bertz CT molecular complexity index is 997. The molecule has 6 heteroatoms. The van der Waals surface area contributed by atoms with E-state index in [0.29, 0.717) is 31.1 Å². The van der Waals surface area contributed by atoms with Crippen molar-refractivity contribution in [3.8, 4) is 5.75 Å². The molecule has 180 valence electrons. The summed E-state index contributed by atoms with van der Waals surface area (Å²) in [5.74, 6) is 1.21. The second-order valence-corrected chi connectivity index (χ2v) is 11.5. The zero-order valence-electron chi connectivity index (χ0n) is 20.1. The Morgan fingerprint density at radius 1 is 1.03 bits per heavy atom. The average Bonchev–Trinajstić information content (AvgIpc) is 3.17. The molecular formula is C27H37NO4S. The van der Waals surface area contributed by atoms with Crippen molar-refractivity contribution in [1.82, 2.24) is 4.90 Å². The number of carbonyl (C=O) groups is 1. The highest BCUT2D eigenvalue weighted by molar-refractivity contribution is 7.91. The summed E-state index contributed by atoms with van der Waals surface area (Å²) in [5, 5.41) is 0. The first-order valence-electron chi connectivity index (χ1n) is 12.1. The van der Waals surface area contributed by atoms with Crippen molar-refractivity contribution in [2.24, 2.45) is 0 Å². The summed E-state index contributed by atoms with van der Waals surface area (Å²) in [6.45, 7) is 7.54. The maximum absolute atomic E-state index is 13.5. The molecule has 2 aromatic rings. The Hall–Kier alpha value is -2.34. The van der Waals surface area contributed by atoms with Crippen LogP contribution in [0.1, 0.15) is 80.3 Å². The van der Waals surface area contributed by atoms with Gasteiger partial charge in [0.1, 0.15) is 5.75 Å². The largest absolute Gasteiger partial charge is 0.494 e. The Labute approximate surface area is 199 Å². The normalized spacial score (nSPS) is 17.3. The number of rotatable bonds is 11. The van der Waals surface area contributed by atoms with Gasteiger partial charge in [-0.1, -0.05) is 64.3 Å². The number of hydrogen-bond donors (Lipinski definition) is 0. The fourth-order valence-electron chi connectivity index (χ4n) is 4.17. The first kappa shape index (κ1) is 25.3. The molecule has 1 saturated heterocycles. The van der Waals surface area contributed by atoms with E-state index in [4.69, 9.17) is 4.74 Å². The van der Waals surface area contributed by atoms with Crippen LogP contribution in [0.4, 0.5) is 0 Å². The van der Waals surface area contributed by atoms with E-state index >= 15 is 0 Å². The first-order chi connectivity index (χ1) is 15.8. The summed E-state index contributed by atoms with van der Waals surface area (Å²) >= 11 is 0. The lowest BCUT2D eigenvalue weighted by molar-refractivity contribution is 0.0681. The third-order valence-electron chi connectivity index (χ3n) is 6.28. The molecule has 0 aliphatic carbocycles. The van der Waals surface area contributed by atoms with Gasteiger partial charge in [0, 0.05) is 18.2 Å². The van der Waals surface area contributed by atoms with Crippen molar-refractivity contribution >= 4 is 15.7 Å². The van der Waals surface area contributed by atoms with Crippen molar-refractivity contribution in [2.45, 2.75) is 71.4 Å². The third kappa shape index (κ3) is 7.32. The van der Waals surface area contributed by atoms with Crippen LogP contribution in [0.3, 0.4) is 0 Å². The van der Waals surface area contributed by atoms with Gasteiger partial charge in [0.25, 0.3) is 5.91 Å². The molecule has 1 fully saturated rings. The summed E-state index contributed by atoms with van der Waals surface area (Å²) in [5.41, 5.74) is 2.80. The summed E-state index contributed by atoms with van der Waals surface area (Å²) in [6.07, 6.45) is 5.07. The topological polar surface area (TPSA) is 63.7 Å². The molecule has 1 atom stereocenters. The molecule has 0 radical (unpaired) electrons. The molecule has 0 spiro atoms. The molecule has 5 nitrogen and oxygen atoms in total. The average molecular weight is 472 g/mol. The molecule has 1 aliphatic heterocycles. The molecule has 33 heavy (non-hydrogen) atoms. The quantitative estimate of drug-likeness (QED) is 0.400. The first-order valence-corrected chi connectivity index (χ1v) is 13.9. The van der Waals surface area contributed by atoms with Crippen molar-refractivity contribution in [3.63, 3.8) is 0 Å². The maximum atomic E-state index is 13.5. The fourth-order valence-corrected chi connectivity index (χ4v) is 5.90. The van der Waals surface area contributed by atoms with E-state index < -0.39 is 9.84 Å². The summed E-state index contributed by atoms with van der Waals surface area (Å²) in [6, 6.07) is 15.2. The minimum Gasteiger partial charge on any atom is -0.494 e. The Morgan fingerprint density at radius 2 is 1.73 bits per heavy atom. The number of hydrogen-bond acceptors (Lipinski definition) is 4. The van der Waals surface area contributed by atoms with Gasteiger partial charge in [-0.3, -0.25) is 4.79 Å². The van der Waals surface area contributed by atoms with Crippen molar-refractivity contribution in [3.05, 3.63) is 65.2 Å². The van der Waals surface area contributed by atoms with Gasteiger partial charge >= 0.3 is 0 Å². The van der Waals surface area contributed by atoms with Crippen LogP contribution in [-0.4, -0.2) is 43.4 Å². The summed E-state index contributed by atoms with van der Waals surface area (Å²) in [4.78, 5) is 15.2. The van der Waals surface area contributed by atoms with E-state index in [0.717, 1.165) is 24.2 Å². The molecule has 1 unspecified atom stereocenters. The lowest BCUT2D eigenvalue weighted by atomic mass is 10.0. The number of ether oxygens (including phenoxy) is 1. The van der Waals surface area contributed by atoms with Crippen LogP contribution in [0, 0.1) is 0 Å². The lowest BCUT2D eigenvalue weighted by Crippen LogP contribution is -2.40. The van der Waals surface area contributed by atoms with E-state index in [1.807, 2.05) is 24.3 Å². The predicted molar refractivity (Wildman–Crippen MR) is 134 cm³/mol. The van der Waals surface area contributed by atoms with Gasteiger partial charge in [0.2, 0.25) is 0 Å². The van der Waals surface area contributed by atoms with Crippen LogP contribution < -0.4 is 4.74 Å². The number of benzene rings is 2. The molecule has 2 aromatic carbocycles. The minimum atomic E-state index is -3.10. The van der Waals surface area contributed by atoms with Crippen LogP contribution in [0.25, 0.3) is 0 Å². The van der Waals surface area contributed by atoms with Gasteiger partial charge < -0.3 is 9.64 Å². The van der Waals surface area contributed by atoms with Crippen LogP contribution in [-0.2, 0) is 16.4 Å². The third-order valence-corrected chi connectivity index (χ3v) is 8.03. The molecule has 1 aliphatic rings. The van der Waals surface area contributed by atoms with E-state index in [2.05, 4.69) is 32.9 Å². The Balaban J connectivity index is 1.72. The Morgan fingerprint density at radius 3 is 2.30 bits per heavy atom. The summed E-state index contributed by atoms with van der Waals surface area (Å²) in [7, 11) is -3.10. The fraction of sp³-hybridized carbons (Fsp3) is 0.519. The molecule has 0 N–H and O–H groups in total. The van der Waals surface area contributed by atoms with Crippen LogP contribution in [0.2, 0.25) is 0 Å². The van der Waals surface area contributed by atoms with Gasteiger partial charge in [0.05, 0.1) is 18.1 Å². The smallest absolute Gasteiger partial charge is 0.254 e. The highest BCUT2D eigenvalue weighted by Crippen LogP contribution is 2.24. The second-order valence-electron chi connectivity index (χ2n) is 9.32. The molecule has 0 bridgehead atoms. The highest BCUT2D eigenvalue weighted by Gasteiger charge is 2.35. The van der Waals surface area contributed by atoms with Gasteiger partial charge in [0.15, 0.2) is 9.84 Å². The molecule has 1 heterocycles. The van der Waals surface area contributed by atoms with Crippen molar-refractivity contribution in [1.29, 1.82) is 0 Å². The van der Waals surface area contributed by atoms with E-state index in [-0.39, 0.29) is 23.5 Å². The van der Waals surface area contributed by atoms with Gasteiger partial charge in [-0.2, -0.15) is 0 Å². The maximum Gasteiger partial charge on any atom is 0.254 e. The Kier molecular flexibility index (Phi) is 8.95. The van der Waals surface area contributed by atoms with Crippen LogP contribution in [0.5, 0.6) is 5.75 Å². The lowest BCUT2D eigenvalue weighted by Gasteiger charge is -2.29. The van der Waals surface area contributed by atoms with Gasteiger partial charge in [-0.25, -0.2) is 8.42 Å². The van der Waals surface area contributed by atoms with Crippen LogP contribution in [0.15, 0.2) is 48.5 Å². The number of nitrogens with zero attached hydrogens (tertiary/aromatic N) is 1. The minimum absolute atomic E-state index is 0.0295. The molecule has 0 saturated carbocycles. The van der Waals surface area contributed by atoms with E-state index in [1.165, 1.54) is 18.4 Å². The molecule has 0 aromatic heterocycles. The highest BCUT2D eigenvalue weighted by atomic mass is 32.2. The van der Waals surface area contributed by atoms with Crippen LogP contribution >= 0.6 is 0 Å². The standard InChI is InChI=1S/C27H37NO4S/c1-4-5-6-7-17-32-26-14-12-24(13-15-26)27(29)28(25-16-18-33(30,31)20-25)19-22-8-10-23(11-9-22)21(2)3/h8-15,21,25H,4-7,16-20H2,1-3H3. The molecule has 3 rings (SSSR count). The van der Waals surface area contributed by atoms with Gasteiger partial charge in [-0.05, 0) is 54.2 Å². The second kappa shape index (κ2) is 11.7. The predicted octanol–water partition coefficient (Wildman–Crippen LogP) is 5.60. The number of carbonyl (C=O) groups excluding carboxylic acids is 1. The SMILES string of the molecule is CCCCCCOc1ccc(C(=O)N(Cc2ccc(C(C)C)cc2)C2CCS(=O)(=O)C2)cc1. The number of unbranched alkanes of at least 4 members (excludes halogenated alkanes) is 3. The zero-order valence-corrected chi connectivity index (χ0v) is 20.9. The van der Waals surface area contributed by atoms with Gasteiger partial charge in [-0.15, -0.1) is 0 Å². The summed E-state index contributed by atoms with van der Waals surface area (Å²) < 4.78 is 30.1. The zero-order chi connectivity index (χ0) is 23.8. The van der Waals surface area contributed by atoms with Crippen molar-refractivity contribution < 1.29 is 17.9 Å².